The average Bonchev–Trinajstić information content (AvgIpc) is 2.97. The number of ether oxygens (including phenoxy) is 3. The fraction of sp³-hybridized carbons (Fsp3) is 0.600. The van der Waals surface area contributed by atoms with Crippen molar-refractivity contribution in [3.8, 4) is 0 Å². The summed E-state index contributed by atoms with van der Waals surface area (Å²) in [7, 11) is 1.18. The Labute approximate surface area is 128 Å². The van der Waals surface area contributed by atoms with Crippen molar-refractivity contribution < 1.29 is 33.4 Å². The second kappa shape index (κ2) is 9.70. The molecule has 0 unspecified atom stereocenters. The zero-order valence-corrected chi connectivity index (χ0v) is 12.5. The Morgan fingerprint density at radius 2 is 1.64 bits per heavy atom. The molecule has 0 saturated heterocycles. The van der Waals surface area contributed by atoms with Gasteiger partial charge in [0.25, 0.3) is 0 Å². The zero-order chi connectivity index (χ0) is 16.4. The first-order valence-electron chi connectivity index (χ1n) is 7.17. The predicted octanol–water partition coefficient (Wildman–Crippen LogP) is 1.30. The molecule has 0 aromatic rings. The SMILES string of the molecule is COC(=O)/C=C/C(=O)OCCC(=O)OC(=O)CC1CCCC1. The lowest BCUT2D eigenvalue weighted by Gasteiger charge is -2.07. The van der Waals surface area contributed by atoms with Gasteiger partial charge in [-0.05, 0) is 18.8 Å². The van der Waals surface area contributed by atoms with E-state index >= 15 is 0 Å². The summed E-state index contributed by atoms with van der Waals surface area (Å²) in [6.07, 6.45) is 6.05. The number of carbonyl (C=O) groups excluding carboxylic acids is 4. The van der Waals surface area contributed by atoms with Gasteiger partial charge in [-0.1, -0.05) is 12.8 Å². The molecule has 1 aliphatic rings. The number of rotatable bonds is 7. The molecule has 0 aromatic heterocycles. The third-order valence-electron chi connectivity index (χ3n) is 3.26. The van der Waals surface area contributed by atoms with Gasteiger partial charge in [-0.25, -0.2) is 9.59 Å². The molecule has 0 spiro atoms. The minimum atomic E-state index is -0.782. The van der Waals surface area contributed by atoms with E-state index < -0.39 is 23.9 Å². The van der Waals surface area contributed by atoms with Crippen molar-refractivity contribution in [1.29, 1.82) is 0 Å². The highest BCUT2D eigenvalue weighted by atomic mass is 16.6. The van der Waals surface area contributed by atoms with Gasteiger partial charge in [0, 0.05) is 18.6 Å². The van der Waals surface area contributed by atoms with Gasteiger partial charge in [-0.2, -0.15) is 0 Å². The second-order valence-corrected chi connectivity index (χ2v) is 4.97. The Morgan fingerprint density at radius 1 is 1.00 bits per heavy atom. The van der Waals surface area contributed by atoms with Gasteiger partial charge in [-0.3, -0.25) is 9.59 Å². The molecule has 7 nitrogen and oxygen atoms in total. The molecule has 0 amide bonds. The maximum absolute atomic E-state index is 11.5. The van der Waals surface area contributed by atoms with Crippen LogP contribution in [0.1, 0.15) is 38.5 Å². The van der Waals surface area contributed by atoms with E-state index in [2.05, 4.69) is 14.2 Å². The molecule has 0 atom stereocenters. The van der Waals surface area contributed by atoms with Crippen LogP contribution in [-0.2, 0) is 33.4 Å². The fourth-order valence-electron chi connectivity index (χ4n) is 2.16. The Hall–Kier alpha value is -2.18. The van der Waals surface area contributed by atoms with E-state index in [1.807, 2.05) is 0 Å². The molecule has 1 rings (SSSR count). The second-order valence-electron chi connectivity index (χ2n) is 4.97. The first-order valence-corrected chi connectivity index (χ1v) is 7.17. The summed E-state index contributed by atoms with van der Waals surface area (Å²) < 4.78 is 13.6. The van der Waals surface area contributed by atoms with Crippen LogP contribution in [0.5, 0.6) is 0 Å². The van der Waals surface area contributed by atoms with Gasteiger partial charge >= 0.3 is 23.9 Å². The van der Waals surface area contributed by atoms with Crippen molar-refractivity contribution in [3.63, 3.8) is 0 Å². The lowest BCUT2D eigenvalue weighted by atomic mass is 10.0. The van der Waals surface area contributed by atoms with Gasteiger partial charge in [0.05, 0.1) is 13.5 Å². The standard InChI is InChI=1S/C15H20O7/c1-20-12(16)6-7-13(17)21-9-8-14(18)22-15(19)10-11-4-2-3-5-11/h6-7,11H,2-5,8-10H2,1H3/b7-6+. The molecule has 0 N–H and O–H groups in total. The molecule has 122 valence electrons. The zero-order valence-electron chi connectivity index (χ0n) is 12.5. The van der Waals surface area contributed by atoms with Crippen LogP contribution in [0.2, 0.25) is 0 Å². The van der Waals surface area contributed by atoms with Crippen molar-refractivity contribution in [3.05, 3.63) is 12.2 Å². The maximum Gasteiger partial charge on any atom is 0.331 e. The van der Waals surface area contributed by atoms with E-state index in [1.54, 1.807) is 0 Å². The Balaban J connectivity index is 2.14. The van der Waals surface area contributed by atoms with Gasteiger partial charge in [0.15, 0.2) is 0 Å². The first kappa shape index (κ1) is 17.9. The summed E-state index contributed by atoms with van der Waals surface area (Å²) in [5.41, 5.74) is 0. The van der Waals surface area contributed by atoms with Gasteiger partial charge in [0.1, 0.15) is 6.61 Å². The molecule has 22 heavy (non-hydrogen) atoms. The molecule has 1 fully saturated rings. The van der Waals surface area contributed by atoms with E-state index in [1.165, 1.54) is 7.11 Å². The van der Waals surface area contributed by atoms with E-state index in [0.29, 0.717) is 5.92 Å². The van der Waals surface area contributed by atoms with Crippen LogP contribution in [0, 0.1) is 5.92 Å². The minimum absolute atomic E-state index is 0.214. The van der Waals surface area contributed by atoms with Crippen LogP contribution in [0.25, 0.3) is 0 Å². The number of carbonyl (C=O) groups is 4. The Morgan fingerprint density at radius 3 is 2.27 bits per heavy atom. The number of methoxy groups -OCH3 is 1. The number of esters is 4. The first-order chi connectivity index (χ1) is 10.5. The maximum atomic E-state index is 11.5. The van der Waals surface area contributed by atoms with Gasteiger partial charge in [-0.15, -0.1) is 0 Å². The largest absolute Gasteiger partial charge is 0.466 e. The number of hydrogen-bond donors (Lipinski definition) is 0. The highest BCUT2D eigenvalue weighted by Gasteiger charge is 2.20. The summed E-state index contributed by atoms with van der Waals surface area (Å²) in [5, 5.41) is 0. The van der Waals surface area contributed by atoms with E-state index in [9.17, 15) is 19.2 Å². The fourth-order valence-corrected chi connectivity index (χ4v) is 2.16. The van der Waals surface area contributed by atoms with Gasteiger partial charge in [0.2, 0.25) is 0 Å². The van der Waals surface area contributed by atoms with Crippen molar-refractivity contribution in [1.82, 2.24) is 0 Å². The number of hydrogen-bond acceptors (Lipinski definition) is 7. The Bertz CT molecular complexity index is 447. The molecule has 0 aromatic carbocycles. The quantitative estimate of drug-likeness (QED) is 0.302. The van der Waals surface area contributed by atoms with E-state index in [0.717, 1.165) is 37.8 Å². The summed E-state index contributed by atoms with van der Waals surface area (Å²) >= 11 is 0. The average molecular weight is 312 g/mol. The van der Waals surface area contributed by atoms with E-state index in [4.69, 9.17) is 0 Å². The van der Waals surface area contributed by atoms with Crippen LogP contribution in [-0.4, -0.2) is 37.6 Å². The monoisotopic (exact) mass is 312 g/mol. The normalized spacial score (nSPS) is 14.8. The minimum Gasteiger partial charge on any atom is -0.466 e. The summed E-state index contributed by atoms with van der Waals surface area (Å²) in [5.74, 6) is -2.42. The molecule has 1 aliphatic carbocycles. The Kier molecular flexibility index (Phi) is 7.88. The van der Waals surface area contributed by atoms with Crippen molar-refractivity contribution in [2.75, 3.05) is 13.7 Å². The van der Waals surface area contributed by atoms with E-state index in [-0.39, 0.29) is 19.4 Å². The smallest absolute Gasteiger partial charge is 0.331 e. The third-order valence-corrected chi connectivity index (χ3v) is 3.26. The van der Waals surface area contributed by atoms with Crippen LogP contribution in [0.3, 0.4) is 0 Å². The summed E-state index contributed by atoms with van der Waals surface area (Å²) in [6.45, 7) is -0.222. The highest BCUT2D eigenvalue weighted by Crippen LogP contribution is 2.27. The van der Waals surface area contributed by atoms with Crippen molar-refractivity contribution in [2.24, 2.45) is 5.92 Å². The summed E-state index contributed by atoms with van der Waals surface area (Å²) in [4.78, 5) is 44.8. The molecule has 1 saturated carbocycles. The predicted molar refractivity (Wildman–Crippen MR) is 74.4 cm³/mol. The molecular formula is C15H20O7. The molecular weight excluding hydrogens is 292 g/mol. The van der Waals surface area contributed by atoms with Crippen LogP contribution in [0.4, 0.5) is 0 Å². The molecule has 0 bridgehead atoms. The van der Waals surface area contributed by atoms with Crippen LogP contribution >= 0.6 is 0 Å². The molecule has 0 radical (unpaired) electrons. The van der Waals surface area contributed by atoms with Gasteiger partial charge < -0.3 is 14.2 Å². The van der Waals surface area contributed by atoms with Crippen LogP contribution in [0.15, 0.2) is 12.2 Å². The van der Waals surface area contributed by atoms with Crippen molar-refractivity contribution in [2.45, 2.75) is 38.5 Å². The third kappa shape index (κ3) is 7.56. The van der Waals surface area contributed by atoms with Crippen LogP contribution < -0.4 is 0 Å². The topological polar surface area (TPSA) is 96.0 Å². The summed E-state index contributed by atoms with van der Waals surface area (Å²) in [6, 6.07) is 0. The van der Waals surface area contributed by atoms with Crippen molar-refractivity contribution >= 4 is 23.9 Å². The lowest BCUT2D eigenvalue weighted by molar-refractivity contribution is -0.161. The molecule has 0 aliphatic heterocycles. The highest BCUT2D eigenvalue weighted by molar-refractivity contribution is 5.91. The lowest BCUT2D eigenvalue weighted by Crippen LogP contribution is -2.17. The molecule has 0 heterocycles. The molecule has 7 heteroatoms.